The molecule has 0 fully saturated rings. The largest absolute Gasteiger partial charge is 0.494 e. The van der Waals surface area contributed by atoms with Crippen molar-refractivity contribution < 1.29 is 4.74 Å². The molecular weight excluding hydrogens is 268 g/mol. The van der Waals surface area contributed by atoms with Crippen molar-refractivity contribution in [3.05, 3.63) is 102 Å². The Morgan fingerprint density at radius 2 is 1.27 bits per heavy atom. The Labute approximate surface area is 132 Å². The average molecular weight is 287 g/mol. The fraction of sp³-hybridized carbons (Fsp3) is 0.143. The van der Waals surface area contributed by atoms with Gasteiger partial charge in [0.15, 0.2) is 0 Å². The SMILES string of the molecule is [c]1ccc(OCCC(c2ccccc2)c2ccccc2)cc1. The van der Waals surface area contributed by atoms with Gasteiger partial charge in [0.05, 0.1) is 6.61 Å². The maximum Gasteiger partial charge on any atom is 0.119 e. The van der Waals surface area contributed by atoms with Crippen LogP contribution in [0.3, 0.4) is 0 Å². The molecule has 22 heavy (non-hydrogen) atoms. The van der Waals surface area contributed by atoms with E-state index in [4.69, 9.17) is 4.74 Å². The second-order valence-corrected chi connectivity index (χ2v) is 5.25. The zero-order valence-electron chi connectivity index (χ0n) is 12.5. The van der Waals surface area contributed by atoms with Gasteiger partial charge in [0.25, 0.3) is 0 Å². The first-order valence-corrected chi connectivity index (χ1v) is 7.62. The van der Waals surface area contributed by atoms with E-state index in [-0.39, 0.29) is 0 Å². The lowest BCUT2D eigenvalue weighted by atomic mass is 9.89. The second kappa shape index (κ2) is 7.46. The minimum absolute atomic E-state index is 0.359. The third kappa shape index (κ3) is 3.76. The molecule has 0 aromatic heterocycles. The van der Waals surface area contributed by atoms with Crippen molar-refractivity contribution in [2.75, 3.05) is 6.61 Å². The normalized spacial score (nSPS) is 10.6. The average Bonchev–Trinajstić information content (AvgIpc) is 2.61. The van der Waals surface area contributed by atoms with Gasteiger partial charge in [0.2, 0.25) is 0 Å². The highest BCUT2D eigenvalue weighted by Gasteiger charge is 2.13. The van der Waals surface area contributed by atoms with Gasteiger partial charge in [-0.3, -0.25) is 0 Å². The molecule has 1 heteroatoms. The molecule has 0 N–H and O–H groups in total. The highest BCUT2D eigenvalue weighted by atomic mass is 16.5. The molecule has 1 nitrogen and oxygen atoms in total. The standard InChI is InChI=1S/C21H19O/c1-4-10-18(11-5-1)21(19-12-6-2-7-13-19)16-17-22-20-14-8-3-9-15-20/h1-2,4-15,21H,16-17H2. The van der Waals surface area contributed by atoms with E-state index >= 15 is 0 Å². The van der Waals surface area contributed by atoms with Crippen LogP contribution in [0.2, 0.25) is 0 Å². The smallest absolute Gasteiger partial charge is 0.119 e. The zero-order chi connectivity index (χ0) is 15.0. The van der Waals surface area contributed by atoms with Crippen LogP contribution in [0.15, 0.2) is 84.9 Å². The Morgan fingerprint density at radius 3 is 1.82 bits per heavy atom. The summed E-state index contributed by atoms with van der Waals surface area (Å²) < 4.78 is 5.86. The molecule has 0 saturated heterocycles. The molecule has 0 aliphatic carbocycles. The summed E-state index contributed by atoms with van der Waals surface area (Å²) in [6, 6.07) is 31.9. The number of ether oxygens (including phenoxy) is 1. The van der Waals surface area contributed by atoms with Crippen LogP contribution in [0.4, 0.5) is 0 Å². The minimum Gasteiger partial charge on any atom is -0.494 e. The molecule has 0 spiro atoms. The van der Waals surface area contributed by atoms with Crippen molar-refractivity contribution >= 4 is 0 Å². The van der Waals surface area contributed by atoms with Gasteiger partial charge in [0, 0.05) is 5.92 Å². The van der Waals surface area contributed by atoms with Crippen molar-refractivity contribution in [1.29, 1.82) is 0 Å². The molecule has 109 valence electrons. The van der Waals surface area contributed by atoms with Crippen molar-refractivity contribution in [3.63, 3.8) is 0 Å². The van der Waals surface area contributed by atoms with Crippen LogP contribution in [0.5, 0.6) is 5.75 Å². The van der Waals surface area contributed by atoms with Gasteiger partial charge in [-0.25, -0.2) is 0 Å². The lowest BCUT2D eigenvalue weighted by molar-refractivity contribution is 0.304. The predicted octanol–water partition coefficient (Wildman–Crippen LogP) is 5.09. The van der Waals surface area contributed by atoms with Gasteiger partial charge in [-0.05, 0) is 35.7 Å². The van der Waals surface area contributed by atoms with Gasteiger partial charge in [-0.1, -0.05) is 72.8 Å². The fourth-order valence-electron chi connectivity index (χ4n) is 2.66. The molecule has 3 aromatic carbocycles. The van der Waals surface area contributed by atoms with Gasteiger partial charge < -0.3 is 4.74 Å². The van der Waals surface area contributed by atoms with Crippen LogP contribution in [0, 0.1) is 6.07 Å². The Hall–Kier alpha value is -2.54. The van der Waals surface area contributed by atoms with Crippen molar-refractivity contribution in [3.8, 4) is 5.75 Å². The second-order valence-electron chi connectivity index (χ2n) is 5.25. The molecule has 0 amide bonds. The summed E-state index contributed by atoms with van der Waals surface area (Å²) in [5.74, 6) is 1.26. The third-order valence-electron chi connectivity index (χ3n) is 3.77. The van der Waals surface area contributed by atoms with E-state index in [0.717, 1.165) is 12.2 Å². The molecule has 3 aromatic rings. The Bertz CT molecular complexity index is 623. The van der Waals surface area contributed by atoms with Crippen LogP contribution >= 0.6 is 0 Å². The Balaban J connectivity index is 1.72. The fourth-order valence-corrected chi connectivity index (χ4v) is 2.66. The van der Waals surface area contributed by atoms with Gasteiger partial charge in [0.1, 0.15) is 5.75 Å². The minimum atomic E-state index is 0.359. The summed E-state index contributed by atoms with van der Waals surface area (Å²) in [7, 11) is 0. The third-order valence-corrected chi connectivity index (χ3v) is 3.77. The highest BCUT2D eigenvalue weighted by Crippen LogP contribution is 2.28. The number of hydrogen-bond donors (Lipinski definition) is 0. The van der Waals surface area contributed by atoms with Gasteiger partial charge in [-0.2, -0.15) is 0 Å². The van der Waals surface area contributed by atoms with E-state index in [0.29, 0.717) is 12.5 Å². The maximum atomic E-state index is 5.86. The summed E-state index contributed by atoms with van der Waals surface area (Å²) in [5.41, 5.74) is 2.66. The first kappa shape index (κ1) is 14.4. The van der Waals surface area contributed by atoms with Crippen molar-refractivity contribution in [2.45, 2.75) is 12.3 Å². The lowest BCUT2D eigenvalue weighted by Gasteiger charge is -2.18. The topological polar surface area (TPSA) is 9.23 Å². The van der Waals surface area contributed by atoms with E-state index < -0.39 is 0 Å². The summed E-state index contributed by atoms with van der Waals surface area (Å²) in [6.45, 7) is 0.693. The van der Waals surface area contributed by atoms with Crippen LogP contribution < -0.4 is 4.74 Å². The molecule has 0 heterocycles. The molecule has 1 radical (unpaired) electrons. The van der Waals surface area contributed by atoms with Crippen LogP contribution in [-0.4, -0.2) is 6.61 Å². The monoisotopic (exact) mass is 287 g/mol. The molecule has 0 aliphatic heterocycles. The quantitative estimate of drug-likeness (QED) is 0.613. The van der Waals surface area contributed by atoms with E-state index in [2.05, 4.69) is 66.7 Å². The van der Waals surface area contributed by atoms with Crippen LogP contribution in [0.25, 0.3) is 0 Å². The summed E-state index contributed by atoms with van der Waals surface area (Å²) in [6.07, 6.45) is 0.951. The molecule has 0 atom stereocenters. The zero-order valence-corrected chi connectivity index (χ0v) is 12.5. The van der Waals surface area contributed by atoms with E-state index in [1.54, 1.807) is 0 Å². The number of hydrogen-bond acceptors (Lipinski definition) is 1. The van der Waals surface area contributed by atoms with Crippen molar-refractivity contribution in [2.24, 2.45) is 0 Å². The first-order valence-electron chi connectivity index (χ1n) is 7.62. The van der Waals surface area contributed by atoms with Gasteiger partial charge >= 0.3 is 0 Å². The van der Waals surface area contributed by atoms with E-state index in [1.165, 1.54) is 11.1 Å². The van der Waals surface area contributed by atoms with Crippen LogP contribution in [-0.2, 0) is 0 Å². The van der Waals surface area contributed by atoms with Crippen LogP contribution in [0.1, 0.15) is 23.5 Å². The molecular formula is C21H19O. The maximum absolute atomic E-state index is 5.86. The Morgan fingerprint density at radius 1 is 0.727 bits per heavy atom. The molecule has 0 aliphatic rings. The molecule has 3 rings (SSSR count). The van der Waals surface area contributed by atoms with Crippen molar-refractivity contribution in [1.82, 2.24) is 0 Å². The molecule has 0 unspecified atom stereocenters. The van der Waals surface area contributed by atoms with Gasteiger partial charge in [-0.15, -0.1) is 0 Å². The van der Waals surface area contributed by atoms with E-state index in [9.17, 15) is 0 Å². The highest BCUT2D eigenvalue weighted by molar-refractivity contribution is 5.32. The first-order chi connectivity index (χ1) is 10.9. The summed E-state index contributed by atoms with van der Waals surface area (Å²) >= 11 is 0. The summed E-state index contributed by atoms with van der Waals surface area (Å²) in [4.78, 5) is 0. The number of benzene rings is 3. The lowest BCUT2D eigenvalue weighted by Crippen LogP contribution is -2.07. The molecule has 0 saturated carbocycles. The van der Waals surface area contributed by atoms with E-state index in [1.807, 2.05) is 24.3 Å². The summed E-state index contributed by atoms with van der Waals surface area (Å²) in [5, 5.41) is 0. The Kier molecular flexibility index (Phi) is 4.88. The predicted molar refractivity (Wildman–Crippen MR) is 90.1 cm³/mol. The molecule has 0 bridgehead atoms. The number of rotatable bonds is 6.